The van der Waals surface area contributed by atoms with Gasteiger partial charge in [-0.15, -0.1) is 0 Å². The van der Waals surface area contributed by atoms with E-state index in [2.05, 4.69) is 16.7 Å². The van der Waals surface area contributed by atoms with Crippen molar-refractivity contribution in [1.82, 2.24) is 5.32 Å². The van der Waals surface area contributed by atoms with Crippen LogP contribution < -0.4 is 10.6 Å². The molecule has 0 saturated heterocycles. The number of anilines is 1. The second-order valence-corrected chi connectivity index (χ2v) is 5.98. The Bertz CT molecular complexity index is 517. The summed E-state index contributed by atoms with van der Waals surface area (Å²) >= 11 is 0. The Morgan fingerprint density at radius 1 is 1.05 bits per heavy atom. The van der Waals surface area contributed by atoms with Gasteiger partial charge < -0.3 is 10.6 Å². The third-order valence-electron chi connectivity index (χ3n) is 3.38. The summed E-state index contributed by atoms with van der Waals surface area (Å²) in [4.78, 5) is 23.9. The van der Waals surface area contributed by atoms with Crippen molar-refractivity contribution < 1.29 is 9.59 Å². The van der Waals surface area contributed by atoms with E-state index in [0.29, 0.717) is 6.42 Å². The zero-order valence-electron chi connectivity index (χ0n) is 12.5. The summed E-state index contributed by atoms with van der Waals surface area (Å²) < 4.78 is 0. The molecule has 1 aromatic rings. The zero-order chi connectivity index (χ0) is 14.9. The van der Waals surface area contributed by atoms with Gasteiger partial charge in [0.05, 0.1) is 11.8 Å². The van der Waals surface area contributed by atoms with Crippen molar-refractivity contribution in [3.05, 3.63) is 29.3 Å². The minimum atomic E-state index is -0.186. The van der Waals surface area contributed by atoms with Gasteiger partial charge in [0.25, 0.3) is 0 Å². The van der Waals surface area contributed by atoms with Gasteiger partial charge in [0.2, 0.25) is 11.8 Å². The minimum absolute atomic E-state index is 0.0134. The molecule has 0 aliphatic heterocycles. The Kier molecular flexibility index (Phi) is 4.12. The van der Waals surface area contributed by atoms with Crippen molar-refractivity contribution in [1.29, 1.82) is 0 Å². The fourth-order valence-electron chi connectivity index (χ4n) is 2.45. The van der Waals surface area contributed by atoms with Crippen LogP contribution in [0.4, 0.5) is 5.69 Å². The lowest BCUT2D eigenvalue weighted by molar-refractivity contribution is -0.125. The van der Waals surface area contributed by atoms with Gasteiger partial charge in [-0.1, -0.05) is 6.07 Å². The van der Waals surface area contributed by atoms with Gasteiger partial charge in [0.15, 0.2) is 0 Å². The number of aryl methyl sites for hydroxylation is 2. The predicted octanol–water partition coefficient (Wildman–Crippen LogP) is 2.40. The van der Waals surface area contributed by atoms with Crippen LogP contribution >= 0.6 is 0 Å². The first-order valence-electron chi connectivity index (χ1n) is 7.06. The van der Waals surface area contributed by atoms with E-state index >= 15 is 0 Å². The summed E-state index contributed by atoms with van der Waals surface area (Å²) in [5.74, 6) is -0.419. The Hall–Kier alpha value is -1.84. The number of hydrogen-bond acceptors (Lipinski definition) is 2. The molecule has 4 nitrogen and oxygen atoms in total. The molecular weight excluding hydrogens is 252 g/mol. The van der Waals surface area contributed by atoms with Gasteiger partial charge >= 0.3 is 0 Å². The number of carbonyl (C=O) groups is 2. The average molecular weight is 274 g/mol. The smallest absolute Gasteiger partial charge is 0.228 e. The SMILES string of the molecule is Cc1cc(C)cc(NC(=O)C2CC2C(=O)NC(C)C)c1. The summed E-state index contributed by atoms with van der Waals surface area (Å²) in [6, 6.07) is 6.06. The fraction of sp³-hybridized carbons (Fsp3) is 0.500. The Labute approximate surface area is 119 Å². The van der Waals surface area contributed by atoms with Crippen molar-refractivity contribution in [2.45, 2.75) is 40.2 Å². The Morgan fingerprint density at radius 2 is 1.60 bits per heavy atom. The van der Waals surface area contributed by atoms with E-state index in [1.165, 1.54) is 0 Å². The lowest BCUT2D eigenvalue weighted by Gasteiger charge is -2.09. The van der Waals surface area contributed by atoms with E-state index in [4.69, 9.17) is 0 Å². The lowest BCUT2D eigenvalue weighted by atomic mass is 10.1. The average Bonchev–Trinajstić information content (AvgIpc) is 3.05. The van der Waals surface area contributed by atoms with Crippen LogP contribution in [0.2, 0.25) is 0 Å². The van der Waals surface area contributed by atoms with Crippen LogP contribution in [0.25, 0.3) is 0 Å². The number of hydrogen-bond donors (Lipinski definition) is 2. The molecule has 1 saturated carbocycles. The molecule has 1 aliphatic rings. The normalized spacial score (nSPS) is 20.6. The van der Waals surface area contributed by atoms with Crippen molar-refractivity contribution in [3.63, 3.8) is 0 Å². The lowest BCUT2D eigenvalue weighted by Crippen LogP contribution is -2.32. The van der Waals surface area contributed by atoms with Gasteiger partial charge in [-0.25, -0.2) is 0 Å². The first kappa shape index (κ1) is 14.6. The van der Waals surface area contributed by atoms with Crippen LogP contribution in [0, 0.1) is 25.7 Å². The van der Waals surface area contributed by atoms with Gasteiger partial charge in [0, 0.05) is 11.7 Å². The third-order valence-corrected chi connectivity index (χ3v) is 3.38. The molecule has 0 aromatic heterocycles. The van der Waals surface area contributed by atoms with E-state index in [1.807, 2.05) is 39.8 Å². The highest BCUT2D eigenvalue weighted by Crippen LogP contribution is 2.39. The van der Waals surface area contributed by atoms with Gasteiger partial charge in [-0.3, -0.25) is 9.59 Å². The number of benzene rings is 1. The quantitative estimate of drug-likeness (QED) is 0.885. The second kappa shape index (κ2) is 5.65. The maximum atomic E-state index is 12.1. The number of rotatable bonds is 4. The molecule has 4 heteroatoms. The molecule has 0 spiro atoms. The van der Waals surface area contributed by atoms with E-state index in [0.717, 1.165) is 16.8 Å². The van der Waals surface area contributed by atoms with E-state index in [-0.39, 0.29) is 29.7 Å². The van der Waals surface area contributed by atoms with Gasteiger partial charge in [-0.05, 0) is 57.4 Å². The molecule has 2 amide bonds. The number of carbonyl (C=O) groups excluding carboxylic acids is 2. The molecule has 2 rings (SSSR count). The van der Waals surface area contributed by atoms with Crippen molar-refractivity contribution >= 4 is 17.5 Å². The summed E-state index contributed by atoms with van der Waals surface area (Å²) in [6.07, 6.45) is 0.648. The van der Waals surface area contributed by atoms with Crippen LogP contribution in [0.5, 0.6) is 0 Å². The predicted molar refractivity (Wildman–Crippen MR) is 79.4 cm³/mol. The van der Waals surface area contributed by atoms with Crippen LogP contribution in [-0.4, -0.2) is 17.9 Å². The third kappa shape index (κ3) is 3.59. The molecular formula is C16H22N2O2. The molecule has 20 heavy (non-hydrogen) atoms. The van der Waals surface area contributed by atoms with E-state index in [9.17, 15) is 9.59 Å². The highest BCUT2D eigenvalue weighted by Gasteiger charge is 2.48. The largest absolute Gasteiger partial charge is 0.354 e. The Balaban J connectivity index is 1.92. The van der Waals surface area contributed by atoms with Gasteiger partial charge in [0.1, 0.15) is 0 Å². The van der Waals surface area contributed by atoms with Gasteiger partial charge in [-0.2, -0.15) is 0 Å². The first-order valence-corrected chi connectivity index (χ1v) is 7.06. The maximum Gasteiger partial charge on any atom is 0.228 e. The van der Waals surface area contributed by atoms with Crippen LogP contribution in [-0.2, 0) is 9.59 Å². The molecule has 1 fully saturated rings. The van der Waals surface area contributed by atoms with Crippen LogP contribution in [0.15, 0.2) is 18.2 Å². The van der Waals surface area contributed by atoms with E-state index in [1.54, 1.807) is 0 Å². The Morgan fingerprint density at radius 3 is 2.15 bits per heavy atom. The van der Waals surface area contributed by atoms with Crippen LogP contribution in [0.3, 0.4) is 0 Å². The highest BCUT2D eigenvalue weighted by molar-refractivity contribution is 5.99. The van der Waals surface area contributed by atoms with Crippen molar-refractivity contribution in [2.75, 3.05) is 5.32 Å². The first-order chi connectivity index (χ1) is 9.36. The molecule has 0 bridgehead atoms. The number of nitrogens with one attached hydrogen (secondary N) is 2. The standard InChI is InChI=1S/C16H22N2O2/c1-9(2)17-15(19)13-8-14(13)16(20)18-12-6-10(3)5-11(4)7-12/h5-7,9,13-14H,8H2,1-4H3,(H,17,19)(H,18,20). The highest BCUT2D eigenvalue weighted by atomic mass is 16.2. The fourth-order valence-corrected chi connectivity index (χ4v) is 2.45. The summed E-state index contributed by atoms with van der Waals surface area (Å²) in [5.41, 5.74) is 3.04. The molecule has 1 aliphatic carbocycles. The molecule has 1 aromatic carbocycles. The molecule has 0 radical (unpaired) electrons. The number of amides is 2. The zero-order valence-corrected chi connectivity index (χ0v) is 12.5. The molecule has 2 N–H and O–H groups in total. The van der Waals surface area contributed by atoms with Crippen LogP contribution in [0.1, 0.15) is 31.4 Å². The molecule has 108 valence electrons. The minimum Gasteiger partial charge on any atom is -0.354 e. The maximum absolute atomic E-state index is 12.1. The topological polar surface area (TPSA) is 58.2 Å². The monoisotopic (exact) mass is 274 g/mol. The summed E-state index contributed by atoms with van der Waals surface area (Å²) in [7, 11) is 0. The van der Waals surface area contributed by atoms with E-state index < -0.39 is 0 Å². The summed E-state index contributed by atoms with van der Waals surface area (Å²) in [5, 5.41) is 5.76. The van der Waals surface area contributed by atoms with Crippen molar-refractivity contribution in [3.8, 4) is 0 Å². The second-order valence-electron chi connectivity index (χ2n) is 5.98. The summed E-state index contributed by atoms with van der Waals surface area (Å²) in [6.45, 7) is 7.84. The molecule has 2 unspecified atom stereocenters. The molecule has 0 heterocycles. The molecule has 2 atom stereocenters. The van der Waals surface area contributed by atoms with Crippen molar-refractivity contribution in [2.24, 2.45) is 11.8 Å².